The molecule has 0 saturated carbocycles. The lowest BCUT2D eigenvalue weighted by molar-refractivity contribution is 0.0995. The van der Waals surface area contributed by atoms with Crippen LogP contribution >= 0.6 is 0 Å². The highest BCUT2D eigenvalue weighted by Gasteiger charge is 2.11. The van der Waals surface area contributed by atoms with Crippen LogP contribution in [0.4, 0.5) is 5.69 Å². The molecule has 1 amide bonds. The molecule has 0 aliphatic rings. The van der Waals surface area contributed by atoms with E-state index in [2.05, 4.69) is 5.10 Å². The third-order valence-electron chi connectivity index (χ3n) is 2.20. The number of benzene rings is 1. The molecule has 0 saturated heterocycles. The molecule has 0 aliphatic heterocycles. The molecule has 0 aliphatic carbocycles. The maximum atomic E-state index is 11.7. The van der Waals surface area contributed by atoms with Gasteiger partial charge in [-0.25, -0.2) is 0 Å². The van der Waals surface area contributed by atoms with Crippen LogP contribution in [0.15, 0.2) is 41.2 Å². The third-order valence-corrected chi connectivity index (χ3v) is 2.20. The second kappa shape index (κ2) is 4.09. The number of primary amides is 1. The van der Waals surface area contributed by atoms with E-state index in [1.54, 1.807) is 30.3 Å². The number of anilines is 1. The molecule has 6 nitrogen and oxygen atoms in total. The molecule has 1 aromatic carbocycles. The average molecular weight is 230 g/mol. The fourth-order valence-electron chi connectivity index (χ4n) is 1.42. The Balaban J connectivity index is 2.67. The van der Waals surface area contributed by atoms with Crippen LogP contribution in [0.2, 0.25) is 0 Å². The van der Waals surface area contributed by atoms with Gasteiger partial charge in [-0.2, -0.15) is 9.78 Å². The fourth-order valence-corrected chi connectivity index (χ4v) is 1.42. The topological polar surface area (TPSA) is 104 Å². The Morgan fingerprint density at radius 2 is 1.88 bits per heavy atom. The minimum atomic E-state index is -0.771. The first-order valence-corrected chi connectivity index (χ1v) is 4.84. The third kappa shape index (κ3) is 2.00. The van der Waals surface area contributed by atoms with Crippen molar-refractivity contribution in [3.63, 3.8) is 0 Å². The van der Waals surface area contributed by atoms with Crippen molar-refractivity contribution in [1.29, 1.82) is 0 Å². The Morgan fingerprint density at radius 1 is 1.24 bits per heavy atom. The highest BCUT2D eigenvalue weighted by atomic mass is 16.1. The number of carbonyl (C=O) groups excluding carboxylic acids is 1. The van der Waals surface area contributed by atoms with Crippen LogP contribution in [0, 0.1) is 0 Å². The number of nitrogens with zero attached hydrogens (tertiary/aromatic N) is 2. The van der Waals surface area contributed by atoms with Gasteiger partial charge in [-0.1, -0.05) is 18.2 Å². The number of carbonyl (C=O) groups is 1. The fraction of sp³-hybridized carbons (Fsp3) is 0. The van der Waals surface area contributed by atoms with E-state index < -0.39 is 11.5 Å². The van der Waals surface area contributed by atoms with Gasteiger partial charge in [0.1, 0.15) is 0 Å². The van der Waals surface area contributed by atoms with Crippen LogP contribution in [-0.4, -0.2) is 15.7 Å². The van der Waals surface area contributed by atoms with E-state index in [0.717, 1.165) is 10.7 Å². The van der Waals surface area contributed by atoms with E-state index in [4.69, 9.17) is 11.5 Å². The predicted molar refractivity (Wildman–Crippen MR) is 62.8 cm³/mol. The SMILES string of the molecule is NC(=O)c1nn(-c2ccccc2)c(=O)cc1N. The lowest BCUT2D eigenvalue weighted by atomic mass is 10.3. The summed E-state index contributed by atoms with van der Waals surface area (Å²) in [4.78, 5) is 22.8. The molecule has 0 atom stereocenters. The first-order chi connectivity index (χ1) is 8.09. The molecule has 0 unspecified atom stereocenters. The van der Waals surface area contributed by atoms with Crippen LogP contribution in [0.25, 0.3) is 5.69 Å². The van der Waals surface area contributed by atoms with Gasteiger partial charge in [-0.15, -0.1) is 0 Å². The van der Waals surface area contributed by atoms with Crippen LogP contribution in [0.1, 0.15) is 10.5 Å². The highest BCUT2D eigenvalue weighted by molar-refractivity contribution is 5.95. The van der Waals surface area contributed by atoms with E-state index in [0.29, 0.717) is 5.69 Å². The van der Waals surface area contributed by atoms with Gasteiger partial charge in [0.05, 0.1) is 11.4 Å². The van der Waals surface area contributed by atoms with Crippen LogP contribution < -0.4 is 17.0 Å². The Labute approximate surface area is 96.5 Å². The van der Waals surface area contributed by atoms with Crippen molar-refractivity contribution in [2.24, 2.45) is 5.73 Å². The summed E-state index contributed by atoms with van der Waals surface area (Å²) in [6.45, 7) is 0. The number of nitrogens with two attached hydrogens (primary N) is 2. The zero-order valence-electron chi connectivity index (χ0n) is 8.83. The summed E-state index contributed by atoms with van der Waals surface area (Å²) in [7, 11) is 0. The molecule has 0 radical (unpaired) electrons. The zero-order valence-corrected chi connectivity index (χ0v) is 8.83. The monoisotopic (exact) mass is 230 g/mol. The van der Waals surface area contributed by atoms with Crippen LogP contribution in [0.3, 0.4) is 0 Å². The number of amides is 1. The molecule has 86 valence electrons. The normalized spacial score (nSPS) is 10.1. The van der Waals surface area contributed by atoms with E-state index in [9.17, 15) is 9.59 Å². The van der Waals surface area contributed by atoms with Crippen molar-refractivity contribution >= 4 is 11.6 Å². The molecule has 0 fully saturated rings. The van der Waals surface area contributed by atoms with Gasteiger partial charge in [0, 0.05) is 6.07 Å². The highest BCUT2D eigenvalue weighted by Crippen LogP contribution is 2.07. The molecule has 6 heteroatoms. The maximum absolute atomic E-state index is 11.7. The number of hydrogen-bond donors (Lipinski definition) is 2. The van der Waals surface area contributed by atoms with Crippen molar-refractivity contribution < 1.29 is 4.79 Å². The minimum Gasteiger partial charge on any atom is -0.397 e. The van der Waals surface area contributed by atoms with Crippen molar-refractivity contribution in [3.05, 3.63) is 52.4 Å². The minimum absolute atomic E-state index is 0.0188. The lowest BCUT2D eigenvalue weighted by Gasteiger charge is -2.06. The molecule has 0 bridgehead atoms. The average Bonchev–Trinajstić information content (AvgIpc) is 2.29. The Bertz CT molecular complexity index is 619. The number of rotatable bonds is 2. The number of hydrogen-bond acceptors (Lipinski definition) is 4. The molecule has 1 heterocycles. The van der Waals surface area contributed by atoms with Crippen molar-refractivity contribution in [2.75, 3.05) is 5.73 Å². The summed E-state index contributed by atoms with van der Waals surface area (Å²) < 4.78 is 1.08. The molecule has 2 rings (SSSR count). The molecule has 4 N–H and O–H groups in total. The largest absolute Gasteiger partial charge is 0.397 e. The predicted octanol–water partition coefficient (Wildman–Crippen LogP) is -0.0864. The van der Waals surface area contributed by atoms with Gasteiger partial charge < -0.3 is 11.5 Å². The Hall–Kier alpha value is -2.63. The van der Waals surface area contributed by atoms with E-state index in [1.165, 1.54) is 0 Å². The molecular weight excluding hydrogens is 220 g/mol. The van der Waals surface area contributed by atoms with Gasteiger partial charge >= 0.3 is 0 Å². The second-order valence-electron chi connectivity index (χ2n) is 3.40. The Kier molecular flexibility index (Phi) is 2.61. The first kappa shape index (κ1) is 10.9. The summed E-state index contributed by atoms with van der Waals surface area (Å²) in [6.07, 6.45) is 0. The van der Waals surface area contributed by atoms with E-state index in [1.807, 2.05) is 0 Å². The zero-order chi connectivity index (χ0) is 12.4. The molecule has 1 aromatic heterocycles. The second-order valence-corrected chi connectivity index (χ2v) is 3.40. The molecule has 17 heavy (non-hydrogen) atoms. The molecular formula is C11H10N4O2. The van der Waals surface area contributed by atoms with E-state index >= 15 is 0 Å². The summed E-state index contributed by atoms with van der Waals surface area (Å²) in [5, 5.41) is 3.85. The summed E-state index contributed by atoms with van der Waals surface area (Å²) >= 11 is 0. The number of para-hydroxylation sites is 1. The maximum Gasteiger partial charge on any atom is 0.273 e. The van der Waals surface area contributed by atoms with Crippen LogP contribution in [0.5, 0.6) is 0 Å². The van der Waals surface area contributed by atoms with Gasteiger partial charge in [-0.3, -0.25) is 9.59 Å². The summed E-state index contributed by atoms with van der Waals surface area (Å²) in [5.41, 5.74) is 10.6. The van der Waals surface area contributed by atoms with Gasteiger partial charge in [-0.05, 0) is 12.1 Å². The summed E-state index contributed by atoms with van der Waals surface area (Å²) in [6, 6.07) is 9.82. The van der Waals surface area contributed by atoms with Crippen molar-refractivity contribution in [1.82, 2.24) is 9.78 Å². The lowest BCUT2D eigenvalue weighted by Crippen LogP contribution is -2.27. The smallest absolute Gasteiger partial charge is 0.273 e. The molecule has 2 aromatic rings. The van der Waals surface area contributed by atoms with Crippen LogP contribution in [-0.2, 0) is 0 Å². The van der Waals surface area contributed by atoms with E-state index in [-0.39, 0.29) is 11.4 Å². The number of aromatic nitrogens is 2. The first-order valence-electron chi connectivity index (χ1n) is 4.84. The van der Waals surface area contributed by atoms with Crippen molar-refractivity contribution in [3.8, 4) is 5.69 Å². The summed E-state index contributed by atoms with van der Waals surface area (Å²) in [5.74, 6) is -0.771. The molecule has 0 spiro atoms. The quantitative estimate of drug-likeness (QED) is 0.752. The van der Waals surface area contributed by atoms with Gasteiger partial charge in [0.15, 0.2) is 5.69 Å². The standard InChI is InChI=1S/C11H10N4O2/c12-8-6-9(16)15(14-10(8)11(13)17)7-4-2-1-3-5-7/h1-6H,12H2,(H2,13,17). The van der Waals surface area contributed by atoms with Gasteiger partial charge in [0.2, 0.25) is 0 Å². The van der Waals surface area contributed by atoms with Crippen molar-refractivity contribution in [2.45, 2.75) is 0 Å². The van der Waals surface area contributed by atoms with Gasteiger partial charge in [0.25, 0.3) is 11.5 Å². The number of nitrogen functional groups attached to an aromatic ring is 1. The Morgan fingerprint density at radius 3 is 2.47 bits per heavy atom.